The number of amides is 2. The van der Waals surface area contributed by atoms with Crippen molar-refractivity contribution in [3.63, 3.8) is 0 Å². The van der Waals surface area contributed by atoms with Crippen molar-refractivity contribution in [1.29, 1.82) is 0 Å². The fraction of sp³-hybridized carbons (Fsp3) is 0.600. The van der Waals surface area contributed by atoms with Gasteiger partial charge >= 0.3 is 0 Å². The van der Waals surface area contributed by atoms with Gasteiger partial charge in [0, 0.05) is 29.7 Å². The van der Waals surface area contributed by atoms with Crippen molar-refractivity contribution in [2.45, 2.75) is 46.6 Å². The van der Waals surface area contributed by atoms with Crippen molar-refractivity contribution in [3.05, 3.63) is 28.8 Å². The van der Waals surface area contributed by atoms with Crippen LogP contribution in [0.2, 0.25) is 5.02 Å². The number of likely N-dealkylation sites (tertiary alicyclic amines) is 1. The van der Waals surface area contributed by atoms with Crippen LogP contribution in [-0.4, -0.2) is 42.4 Å². The van der Waals surface area contributed by atoms with Gasteiger partial charge in [0.1, 0.15) is 0 Å². The Morgan fingerprint density at radius 1 is 1.27 bits per heavy atom. The fourth-order valence-electron chi connectivity index (χ4n) is 3.20. The summed E-state index contributed by atoms with van der Waals surface area (Å²) in [6.07, 6.45) is 2.12. The molecule has 0 aromatic heterocycles. The third-order valence-electron chi connectivity index (χ3n) is 5.02. The zero-order chi connectivity index (χ0) is 19.3. The molecule has 1 heterocycles. The van der Waals surface area contributed by atoms with Gasteiger partial charge in [-0.25, -0.2) is 0 Å². The van der Waals surface area contributed by atoms with Crippen molar-refractivity contribution in [2.75, 3.05) is 25.0 Å². The normalized spacial score (nSPS) is 19.2. The average Bonchev–Trinajstić information content (AvgIpc) is 2.62. The molecule has 0 aliphatic carbocycles. The first-order valence-corrected chi connectivity index (χ1v) is 9.74. The molecule has 0 unspecified atom stereocenters. The highest BCUT2D eigenvalue weighted by Gasteiger charge is 2.28. The van der Waals surface area contributed by atoms with Crippen molar-refractivity contribution < 1.29 is 9.59 Å². The molecule has 1 aliphatic rings. The Morgan fingerprint density at radius 2 is 2.00 bits per heavy atom. The molecule has 1 aromatic rings. The second-order valence-electron chi connectivity index (χ2n) is 7.53. The van der Waals surface area contributed by atoms with Crippen molar-refractivity contribution in [2.24, 2.45) is 11.8 Å². The predicted molar refractivity (Wildman–Crippen MR) is 106 cm³/mol. The number of aryl methyl sites for hydroxylation is 1. The molecular formula is C20H30ClN3O2. The molecule has 0 bridgehead atoms. The maximum Gasteiger partial charge on any atom is 0.241 e. The lowest BCUT2D eigenvalue weighted by Gasteiger charge is -2.36. The van der Waals surface area contributed by atoms with Gasteiger partial charge < -0.3 is 10.6 Å². The molecule has 1 aliphatic heterocycles. The number of hydrogen-bond donors (Lipinski definition) is 2. The van der Waals surface area contributed by atoms with Gasteiger partial charge in [0.15, 0.2) is 0 Å². The first-order valence-electron chi connectivity index (χ1n) is 9.36. The maximum atomic E-state index is 12.7. The molecule has 6 heteroatoms. The molecule has 2 rings (SSSR count). The molecule has 0 radical (unpaired) electrons. The van der Waals surface area contributed by atoms with E-state index < -0.39 is 0 Å². The average molecular weight is 380 g/mol. The largest absolute Gasteiger partial charge is 0.356 e. The van der Waals surface area contributed by atoms with E-state index in [1.54, 1.807) is 6.07 Å². The number of nitrogens with one attached hydrogen (secondary N) is 2. The Labute approximate surface area is 161 Å². The Balaban J connectivity index is 1.91. The van der Waals surface area contributed by atoms with Crippen molar-refractivity contribution in [1.82, 2.24) is 10.2 Å². The van der Waals surface area contributed by atoms with E-state index in [-0.39, 0.29) is 23.8 Å². The van der Waals surface area contributed by atoms with Crippen LogP contribution in [0.1, 0.15) is 39.2 Å². The number of nitrogens with zero attached hydrogens (tertiary/aromatic N) is 1. The SMILES string of the molecule is Cc1ccc(Cl)cc1NC(=O)[C@@H](C)N1CCC[C@H](CNC(=O)C(C)C)C1. The highest BCUT2D eigenvalue weighted by molar-refractivity contribution is 6.31. The van der Waals surface area contributed by atoms with Gasteiger partial charge in [-0.15, -0.1) is 0 Å². The van der Waals surface area contributed by atoms with Crippen LogP contribution in [0.15, 0.2) is 18.2 Å². The highest BCUT2D eigenvalue weighted by atomic mass is 35.5. The molecule has 1 fully saturated rings. The van der Waals surface area contributed by atoms with E-state index in [9.17, 15) is 9.59 Å². The molecule has 2 atom stereocenters. The number of rotatable bonds is 6. The van der Waals surface area contributed by atoms with Gasteiger partial charge in [0.05, 0.1) is 6.04 Å². The summed E-state index contributed by atoms with van der Waals surface area (Å²) in [5.41, 5.74) is 1.75. The number of carbonyl (C=O) groups is 2. The first-order chi connectivity index (χ1) is 12.3. The Hall–Kier alpha value is -1.59. The van der Waals surface area contributed by atoms with Gasteiger partial charge in [-0.3, -0.25) is 14.5 Å². The van der Waals surface area contributed by atoms with Gasteiger partial charge in [-0.1, -0.05) is 31.5 Å². The van der Waals surface area contributed by atoms with Crippen LogP contribution in [0, 0.1) is 18.8 Å². The van der Waals surface area contributed by atoms with Gasteiger partial charge in [-0.2, -0.15) is 0 Å². The summed E-state index contributed by atoms with van der Waals surface area (Å²) in [7, 11) is 0. The minimum absolute atomic E-state index is 0.000307. The summed E-state index contributed by atoms with van der Waals surface area (Å²) < 4.78 is 0. The van der Waals surface area contributed by atoms with E-state index in [4.69, 9.17) is 11.6 Å². The number of halogens is 1. The van der Waals surface area contributed by atoms with Gasteiger partial charge in [-0.05, 0) is 56.8 Å². The summed E-state index contributed by atoms with van der Waals surface area (Å²) >= 11 is 6.03. The van der Waals surface area contributed by atoms with E-state index >= 15 is 0 Å². The van der Waals surface area contributed by atoms with E-state index in [1.807, 2.05) is 39.8 Å². The fourth-order valence-corrected chi connectivity index (χ4v) is 3.37. The van der Waals surface area contributed by atoms with E-state index in [2.05, 4.69) is 15.5 Å². The number of piperidine rings is 1. The van der Waals surface area contributed by atoms with E-state index in [0.29, 0.717) is 17.5 Å². The van der Waals surface area contributed by atoms with E-state index in [0.717, 1.165) is 37.2 Å². The Kier molecular flexibility index (Phi) is 7.47. The minimum atomic E-state index is -0.225. The number of carbonyl (C=O) groups excluding carboxylic acids is 2. The zero-order valence-electron chi connectivity index (χ0n) is 16.1. The van der Waals surface area contributed by atoms with Crippen LogP contribution in [0.4, 0.5) is 5.69 Å². The van der Waals surface area contributed by atoms with Gasteiger partial charge in [0.25, 0.3) is 0 Å². The predicted octanol–water partition coefficient (Wildman–Crippen LogP) is 3.46. The second kappa shape index (κ2) is 9.38. The molecule has 1 saturated heterocycles. The maximum absolute atomic E-state index is 12.7. The Morgan fingerprint density at radius 3 is 2.69 bits per heavy atom. The topological polar surface area (TPSA) is 61.4 Å². The number of hydrogen-bond acceptors (Lipinski definition) is 3. The molecule has 144 valence electrons. The van der Waals surface area contributed by atoms with Crippen LogP contribution in [0.5, 0.6) is 0 Å². The summed E-state index contributed by atoms with van der Waals surface area (Å²) in [4.78, 5) is 26.6. The number of benzene rings is 1. The smallest absolute Gasteiger partial charge is 0.241 e. The van der Waals surface area contributed by atoms with Crippen molar-refractivity contribution in [3.8, 4) is 0 Å². The summed E-state index contributed by atoms with van der Waals surface area (Å²) in [5.74, 6) is 0.446. The lowest BCUT2D eigenvalue weighted by Crippen LogP contribution is -2.49. The summed E-state index contributed by atoms with van der Waals surface area (Å²) in [6.45, 7) is 10.1. The third-order valence-corrected chi connectivity index (χ3v) is 5.26. The first kappa shape index (κ1) is 20.7. The lowest BCUT2D eigenvalue weighted by molar-refractivity contribution is -0.125. The van der Waals surface area contributed by atoms with Gasteiger partial charge in [0.2, 0.25) is 11.8 Å². The summed E-state index contributed by atoms with van der Waals surface area (Å²) in [6, 6.07) is 5.27. The van der Waals surface area contributed by atoms with Crippen LogP contribution in [0.25, 0.3) is 0 Å². The van der Waals surface area contributed by atoms with Crippen molar-refractivity contribution >= 4 is 29.1 Å². The van der Waals surface area contributed by atoms with Crippen LogP contribution >= 0.6 is 11.6 Å². The molecular weight excluding hydrogens is 350 g/mol. The second-order valence-corrected chi connectivity index (χ2v) is 7.96. The summed E-state index contributed by atoms with van der Waals surface area (Å²) in [5, 5.41) is 6.62. The Bertz CT molecular complexity index is 648. The molecule has 5 nitrogen and oxygen atoms in total. The molecule has 2 amide bonds. The highest BCUT2D eigenvalue weighted by Crippen LogP contribution is 2.22. The zero-order valence-corrected chi connectivity index (χ0v) is 16.9. The van der Waals surface area contributed by atoms with Crippen LogP contribution in [-0.2, 0) is 9.59 Å². The lowest BCUT2D eigenvalue weighted by atomic mass is 9.96. The monoisotopic (exact) mass is 379 g/mol. The minimum Gasteiger partial charge on any atom is -0.356 e. The van der Waals surface area contributed by atoms with E-state index in [1.165, 1.54) is 0 Å². The van der Waals surface area contributed by atoms with Crippen LogP contribution < -0.4 is 10.6 Å². The quantitative estimate of drug-likeness (QED) is 0.795. The standard InChI is InChI=1S/C20H30ClN3O2/c1-13(2)19(25)22-11-16-6-5-9-24(12-16)15(4)20(26)23-18-10-17(21)8-7-14(18)3/h7-8,10,13,15-16H,5-6,9,11-12H2,1-4H3,(H,22,25)(H,23,26)/t15-,16-/m1/s1. The molecule has 1 aromatic carbocycles. The molecule has 26 heavy (non-hydrogen) atoms. The van der Waals surface area contributed by atoms with Crippen LogP contribution in [0.3, 0.4) is 0 Å². The molecule has 2 N–H and O–H groups in total. The number of anilines is 1. The third kappa shape index (κ3) is 5.71. The molecule has 0 saturated carbocycles. The molecule has 0 spiro atoms.